The van der Waals surface area contributed by atoms with Crippen molar-refractivity contribution >= 4 is 29.7 Å². The molecule has 0 radical (unpaired) electrons. The molecule has 3 amide bonds. The standard InChI is InChI=1S/C20H26N2O5S/c23-18(22-20(25)21-14-6-1-2-7-14)12-27-19(24)16-9-3-4-10-17(16)28-13-15-8-5-11-26-15/h3-4,9-10,14-15H,1-2,5-8,11-13H2,(H2,21,22,23,25)/t15-/m0/s1. The molecular formula is C20H26N2O5S. The van der Waals surface area contributed by atoms with Gasteiger partial charge in [0.25, 0.3) is 5.91 Å². The predicted molar refractivity (Wildman–Crippen MR) is 105 cm³/mol. The molecular weight excluding hydrogens is 380 g/mol. The number of rotatable bonds is 7. The fraction of sp³-hybridized carbons (Fsp3) is 0.550. The van der Waals surface area contributed by atoms with Crippen molar-refractivity contribution in [1.82, 2.24) is 10.6 Å². The molecule has 2 fully saturated rings. The SMILES string of the molecule is O=C(COC(=O)c1ccccc1SC[C@@H]1CCCO1)NC(=O)NC1CCCC1. The van der Waals surface area contributed by atoms with Crippen LogP contribution in [0.1, 0.15) is 48.9 Å². The Morgan fingerprint density at radius 1 is 1.11 bits per heavy atom. The lowest BCUT2D eigenvalue weighted by atomic mass is 10.2. The van der Waals surface area contributed by atoms with Crippen LogP contribution >= 0.6 is 11.8 Å². The number of hydrogen-bond acceptors (Lipinski definition) is 6. The minimum atomic E-state index is -0.645. The highest BCUT2D eigenvalue weighted by atomic mass is 32.2. The average Bonchev–Trinajstić information content (AvgIpc) is 3.38. The van der Waals surface area contributed by atoms with Crippen molar-refractivity contribution in [3.63, 3.8) is 0 Å². The second kappa shape index (κ2) is 10.5. The Bertz CT molecular complexity index is 700. The second-order valence-corrected chi connectivity index (χ2v) is 8.08. The Morgan fingerprint density at radius 2 is 1.89 bits per heavy atom. The summed E-state index contributed by atoms with van der Waals surface area (Å²) in [6, 6.07) is 6.70. The van der Waals surface area contributed by atoms with Crippen LogP contribution in [-0.2, 0) is 14.3 Å². The van der Waals surface area contributed by atoms with Crippen molar-refractivity contribution in [1.29, 1.82) is 0 Å². The second-order valence-electron chi connectivity index (χ2n) is 7.02. The minimum Gasteiger partial charge on any atom is -0.452 e. The number of amides is 3. The first-order valence-electron chi connectivity index (χ1n) is 9.72. The Kier molecular flexibility index (Phi) is 7.73. The van der Waals surface area contributed by atoms with Gasteiger partial charge in [0.15, 0.2) is 6.61 Å². The van der Waals surface area contributed by atoms with Crippen molar-refractivity contribution in [2.45, 2.75) is 55.6 Å². The van der Waals surface area contributed by atoms with Crippen LogP contribution in [0.2, 0.25) is 0 Å². The maximum atomic E-state index is 12.4. The number of imide groups is 1. The Labute approximate surface area is 168 Å². The Balaban J connectivity index is 1.44. The van der Waals surface area contributed by atoms with E-state index in [-0.39, 0.29) is 12.1 Å². The summed E-state index contributed by atoms with van der Waals surface area (Å²) < 4.78 is 10.7. The van der Waals surface area contributed by atoms with Crippen LogP contribution in [-0.4, -0.2) is 49.0 Å². The van der Waals surface area contributed by atoms with Crippen LogP contribution in [0.3, 0.4) is 0 Å². The van der Waals surface area contributed by atoms with E-state index in [1.807, 2.05) is 12.1 Å². The summed E-state index contributed by atoms with van der Waals surface area (Å²) >= 11 is 1.54. The van der Waals surface area contributed by atoms with Crippen LogP contribution < -0.4 is 10.6 Å². The molecule has 0 unspecified atom stereocenters. The number of ether oxygens (including phenoxy) is 2. The third-order valence-corrected chi connectivity index (χ3v) is 6.04. The molecule has 1 saturated heterocycles. The van der Waals surface area contributed by atoms with Gasteiger partial charge >= 0.3 is 12.0 Å². The third-order valence-electron chi connectivity index (χ3n) is 4.83. The zero-order valence-electron chi connectivity index (χ0n) is 15.8. The predicted octanol–water partition coefficient (Wildman–Crippen LogP) is 2.88. The third kappa shape index (κ3) is 6.24. The molecule has 1 aromatic carbocycles. The molecule has 1 aliphatic carbocycles. The van der Waals surface area contributed by atoms with Gasteiger partial charge in [-0.1, -0.05) is 25.0 Å². The zero-order chi connectivity index (χ0) is 19.8. The first-order chi connectivity index (χ1) is 13.6. The van der Waals surface area contributed by atoms with E-state index in [1.54, 1.807) is 23.9 Å². The van der Waals surface area contributed by atoms with Gasteiger partial charge < -0.3 is 14.8 Å². The van der Waals surface area contributed by atoms with E-state index in [4.69, 9.17) is 9.47 Å². The first-order valence-corrected chi connectivity index (χ1v) is 10.7. The number of hydrogen-bond donors (Lipinski definition) is 2. The van der Waals surface area contributed by atoms with Gasteiger partial charge in [-0.3, -0.25) is 10.1 Å². The van der Waals surface area contributed by atoms with Crippen LogP contribution in [0.4, 0.5) is 4.79 Å². The van der Waals surface area contributed by atoms with Crippen molar-refractivity contribution in [3.8, 4) is 0 Å². The molecule has 0 bridgehead atoms. The van der Waals surface area contributed by atoms with Gasteiger partial charge in [-0.2, -0.15) is 0 Å². The average molecular weight is 407 g/mol. The van der Waals surface area contributed by atoms with Gasteiger partial charge in [-0.05, 0) is 37.8 Å². The Hall–Kier alpha value is -2.06. The summed E-state index contributed by atoms with van der Waals surface area (Å²) in [4.78, 5) is 36.8. The van der Waals surface area contributed by atoms with E-state index in [0.29, 0.717) is 5.56 Å². The number of carbonyl (C=O) groups is 3. The van der Waals surface area contributed by atoms with Gasteiger partial charge in [-0.25, -0.2) is 9.59 Å². The normalized spacial score (nSPS) is 19.4. The highest BCUT2D eigenvalue weighted by Crippen LogP contribution is 2.27. The summed E-state index contributed by atoms with van der Waals surface area (Å²) in [6.07, 6.45) is 6.33. The van der Waals surface area contributed by atoms with Crippen LogP contribution in [0, 0.1) is 0 Å². The van der Waals surface area contributed by atoms with E-state index < -0.39 is 24.5 Å². The topological polar surface area (TPSA) is 93.7 Å². The fourth-order valence-electron chi connectivity index (χ4n) is 3.38. The number of carbonyl (C=O) groups excluding carboxylic acids is 3. The highest BCUT2D eigenvalue weighted by molar-refractivity contribution is 7.99. The molecule has 2 N–H and O–H groups in total. The van der Waals surface area contributed by atoms with Gasteiger partial charge in [0, 0.05) is 23.3 Å². The molecule has 0 aromatic heterocycles. The summed E-state index contributed by atoms with van der Waals surface area (Å²) in [5.41, 5.74) is 0.411. The number of thioether (sulfide) groups is 1. The molecule has 28 heavy (non-hydrogen) atoms. The van der Waals surface area contributed by atoms with Crippen LogP contribution in [0.15, 0.2) is 29.2 Å². The molecule has 0 spiro atoms. The van der Waals surface area contributed by atoms with E-state index in [1.165, 1.54) is 0 Å². The van der Waals surface area contributed by atoms with E-state index in [9.17, 15) is 14.4 Å². The summed E-state index contributed by atoms with van der Waals surface area (Å²) in [5.74, 6) is -0.457. The number of esters is 1. The van der Waals surface area contributed by atoms with Gasteiger partial charge in [0.2, 0.25) is 0 Å². The molecule has 8 heteroatoms. The molecule has 152 valence electrons. The molecule has 1 aliphatic heterocycles. The summed E-state index contributed by atoms with van der Waals surface area (Å²) in [6.45, 7) is 0.292. The van der Waals surface area contributed by atoms with Crippen molar-refractivity contribution in [2.24, 2.45) is 0 Å². The van der Waals surface area contributed by atoms with Gasteiger partial charge in [0.05, 0.1) is 11.7 Å². The van der Waals surface area contributed by atoms with Gasteiger partial charge in [0.1, 0.15) is 0 Å². The van der Waals surface area contributed by atoms with Crippen molar-refractivity contribution < 1.29 is 23.9 Å². The molecule has 1 saturated carbocycles. The zero-order valence-corrected chi connectivity index (χ0v) is 16.6. The number of benzene rings is 1. The smallest absolute Gasteiger partial charge is 0.339 e. The van der Waals surface area contributed by atoms with Crippen molar-refractivity contribution in [3.05, 3.63) is 29.8 Å². The summed E-state index contributed by atoms with van der Waals surface area (Å²) in [5, 5.41) is 4.96. The van der Waals surface area contributed by atoms with E-state index in [2.05, 4.69) is 10.6 Å². The lowest BCUT2D eigenvalue weighted by Gasteiger charge is -2.13. The molecule has 1 heterocycles. The molecule has 1 aromatic rings. The molecule has 2 aliphatic rings. The minimum absolute atomic E-state index is 0.114. The monoisotopic (exact) mass is 406 g/mol. The number of nitrogens with one attached hydrogen (secondary N) is 2. The van der Waals surface area contributed by atoms with Gasteiger partial charge in [-0.15, -0.1) is 11.8 Å². The molecule has 7 nitrogen and oxygen atoms in total. The maximum Gasteiger partial charge on any atom is 0.339 e. The quantitative estimate of drug-likeness (QED) is 0.534. The van der Waals surface area contributed by atoms with Crippen molar-refractivity contribution in [2.75, 3.05) is 19.0 Å². The summed E-state index contributed by atoms with van der Waals surface area (Å²) in [7, 11) is 0. The fourth-order valence-corrected chi connectivity index (χ4v) is 4.49. The lowest BCUT2D eigenvalue weighted by molar-refractivity contribution is -0.123. The largest absolute Gasteiger partial charge is 0.452 e. The molecule has 1 atom stereocenters. The molecule has 3 rings (SSSR count). The maximum absolute atomic E-state index is 12.4. The first kappa shape index (κ1) is 20.7. The lowest BCUT2D eigenvalue weighted by Crippen LogP contribution is -2.45. The van der Waals surface area contributed by atoms with Crippen LogP contribution in [0.5, 0.6) is 0 Å². The Morgan fingerprint density at radius 3 is 2.64 bits per heavy atom. The van der Waals surface area contributed by atoms with Crippen LogP contribution in [0.25, 0.3) is 0 Å². The highest BCUT2D eigenvalue weighted by Gasteiger charge is 2.21. The number of urea groups is 1. The van der Waals surface area contributed by atoms with E-state index in [0.717, 1.165) is 55.8 Å². The van der Waals surface area contributed by atoms with E-state index >= 15 is 0 Å².